The summed E-state index contributed by atoms with van der Waals surface area (Å²) >= 11 is 0. The first-order chi connectivity index (χ1) is 8.10. The van der Waals surface area contributed by atoms with Gasteiger partial charge in [-0.1, -0.05) is 6.92 Å². The summed E-state index contributed by atoms with van der Waals surface area (Å²) in [5.74, 6) is 0.847. The smallest absolute Gasteiger partial charge is 0.0672 e. The number of nitrogens with zero attached hydrogens (tertiary/aromatic N) is 3. The summed E-state index contributed by atoms with van der Waals surface area (Å²) in [7, 11) is 0. The van der Waals surface area contributed by atoms with Gasteiger partial charge in [-0.05, 0) is 39.0 Å². The van der Waals surface area contributed by atoms with Crippen molar-refractivity contribution < 1.29 is 0 Å². The third kappa shape index (κ3) is 3.72. The Bertz CT molecular complexity index is 310. The third-order valence-electron chi connectivity index (χ3n) is 3.82. The van der Waals surface area contributed by atoms with E-state index in [1.165, 1.54) is 6.42 Å². The van der Waals surface area contributed by atoms with E-state index in [9.17, 15) is 5.26 Å². The quantitative estimate of drug-likeness (QED) is 0.750. The molecule has 3 unspecified atom stereocenters. The second-order valence-electron chi connectivity index (χ2n) is 5.46. The van der Waals surface area contributed by atoms with Gasteiger partial charge in [0.25, 0.3) is 0 Å². The fourth-order valence-electron chi connectivity index (χ4n) is 2.85. The standard InChI is InChI=1S/C14H23N3/c1-11(2)17(8-4-7-15)14-9-12(3)5-6-13(14)10-16/h11-14H,4-6,8-9H2,1-3H3. The van der Waals surface area contributed by atoms with E-state index in [1.54, 1.807) is 0 Å². The molecular weight excluding hydrogens is 210 g/mol. The minimum absolute atomic E-state index is 0.146. The lowest BCUT2D eigenvalue weighted by molar-refractivity contribution is 0.0799. The van der Waals surface area contributed by atoms with Gasteiger partial charge in [0.2, 0.25) is 0 Å². The van der Waals surface area contributed by atoms with Crippen molar-refractivity contribution in [2.24, 2.45) is 11.8 Å². The highest BCUT2D eigenvalue weighted by molar-refractivity contribution is 4.98. The van der Waals surface area contributed by atoms with Crippen molar-refractivity contribution in [3.63, 3.8) is 0 Å². The molecule has 0 amide bonds. The highest BCUT2D eigenvalue weighted by atomic mass is 15.2. The van der Waals surface area contributed by atoms with Crippen LogP contribution in [0.4, 0.5) is 0 Å². The van der Waals surface area contributed by atoms with Crippen LogP contribution in [0, 0.1) is 34.5 Å². The monoisotopic (exact) mass is 233 g/mol. The first kappa shape index (κ1) is 14.0. The van der Waals surface area contributed by atoms with Gasteiger partial charge in [0.1, 0.15) is 0 Å². The minimum Gasteiger partial charge on any atom is -0.296 e. The fraction of sp³-hybridized carbons (Fsp3) is 0.857. The lowest BCUT2D eigenvalue weighted by Gasteiger charge is -2.41. The van der Waals surface area contributed by atoms with Crippen LogP contribution in [-0.2, 0) is 0 Å². The second-order valence-corrected chi connectivity index (χ2v) is 5.46. The molecule has 94 valence electrons. The van der Waals surface area contributed by atoms with Crippen LogP contribution in [0.25, 0.3) is 0 Å². The molecule has 3 heteroatoms. The molecule has 0 N–H and O–H groups in total. The maximum Gasteiger partial charge on any atom is 0.0672 e. The Balaban J connectivity index is 2.75. The van der Waals surface area contributed by atoms with Gasteiger partial charge in [-0.15, -0.1) is 0 Å². The van der Waals surface area contributed by atoms with Gasteiger partial charge in [0.15, 0.2) is 0 Å². The van der Waals surface area contributed by atoms with E-state index in [2.05, 4.69) is 37.8 Å². The number of nitriles is 2. The molecule has 0 aromatic carbocycles. The van der Waals surface area contributed by atoms with Gasteiger partial charge < -0.3 is 0 Å². The van der Waals surface area contributed by atoms with Gasteiger partial charge in [0, 0.05) is 25.0 Å². The van der Waals surface area contributed by atoms with E-state index in [0.717, 1.165) is 19.4 Å². The molecule has 0 heterocycles. The summed E-state index contributed by atoms with van der Waals surface area (Å²) in [6, 6.07) is 5.43. The van der Waals surface area contributed by atoms with E-state index in [1.807, 2.05) is 0 Å². The Kier molecular flexibility index (Phi) is 5.45. The predicted octanol–water partition coefficient (Wildman–Crippen LogP) is 2.94. The van der Waals surface area contributed by atoms with Crippen LogP contribution in [0.1, 0.15) is 46.5 Å². The van der Waals surface area contributed by atoms with Gasteiger partial charge in [-0.2, -0.15) is 10.5 Å². The molecule has 0 spiro atoms. The summed E-state index contributed by atoms with van der Waals surface area (Å²) in [6.45, 7) is 7.38. The molecule has 1 fully saturated rings. The molecule has 1 aliphatic rings. The third-order valence-corrected chi connectivity index (χ3v) is 3.82. The molecule has 1 rings (SSSR count). The summed E-state index contributed by atoms with van der Waals surface area (Å²) < 4.78 is 0. The molecule has 0 aromatic rings. The summed E-state index contributed by atoms with van der Waals surface area (Å²) in [5, 5.41) is 18.0. The normalized spacial score (nSPS) is 29.0. The predicted molar refractivity (Wildman–Crippen MR) is 68.0 cm³/mol. The summed E-state index contributed by atoms with van der Waals surface area (Å²) in [4.78, 5) is 2.35. The highest BCUT2D eigenvalue weighted by Gasteiger charge is 2.33. The van der Waals surface area contributed by atoms with Crippen molar-refractivity contribution in [2.75, 3.05) is 6.54 Å². The molecule has 0 aliphatic heterocycles. The fourth-order valence-corrected chi connectivity index (χ4v) is 2.85. The van der Waals surface area contributed by atoms with E-state index in [0.29, 0.717) is 24.4 Å². The molecule has 0 radical (unpaired) electrons. The molecule has 3 atom stereocenters. The van der Waals surface area contributed by atoms with Crippen molar-refractivity contribution in [1.82, 2.24) is 4.90 Å². The van der Waals surface area contributed by atoms with Crippen molar-refractivity contribution in [2.45, 2.75) is 58.5 Å². The zero-order valence-electron chi connectivity index (χ0n) is 11.2. The van der Waals surface area contributed by atoms with Crippen molar-refractivity contribution in [3.05, 3.63) is 0 Å². The molecule has 17 heavy (non-hydrogen) atoms. The molecule has 0 bridgehead atoms. The van der Waals surface area contributed by atoms with Gasteiger partial charge in [-0.3, -0.25) is 4.90 Å². The minimum atomic E-state index is 0.146. The first-order valence-corrected chi connectivity index (χ1v) is 6.62. The Morgan fingerprint density at radius 2 is 2.00 bits per heavy atom. The van der Waals surface area contributed by atoms with Crippen LogP contribution in [0.3, 0.4) is 0 Å². The summed E-state index contributed by atoms with van der Waals surface area (Å²) in [6.07, 6.45) is 3.83. The second kappa shape index (κ2) is 6.62. The van der Waals surface area contributed by atoms with Gasteiger partial charge in [0.05, 0.1) is 18.1 Å². The lowest BCUT2D eigenvalue weighted by Crippen LogP contribution is -2.47. The van der Waals surface area contributed by atoms with Crippen LogP contribution < -0.4 is 0 Å². The summed E-state index contributed by atoms with van der Waals surface area (Å²) in [5.41, 5.74) is 0. The zero-order chi connectivity index (χ0) is 12.8. The maximum absolute atomic E-state index is 9.26. The average Bonchev–Trinajstić information content (AvgIpc) is 2.29. The molecular formula is C14H23N3. The SMILES string of the molecule is CC1CCC(C#N)C(N(CCC#N)C(C)C)C1. The Hall–Kier alpha value is -1.06. The van der Waals surface area contributed by atoms with Crippen LogP contribution in [-0.4, -0.2) is 23.5 Å². The van der Waals surface area contributed by atoms with E-state index >= 15 is 0 Å². The maximum atomic E-state index is 9.26. The van der Waals surface area contributed by atoms with Crippen molar-refractivity contribution in [3.8, 4) is 12.1 Å². The van der Waals surface area contributed by atoms with Gasteiger partial charge in [-0.25, -0.2) is 0 Å². The van der Waals surface area contributed by atoms with Crippen molar-refractivity contribution in [1.29, 1.82) is 10.5 Å². The van der Waals surface area contributed by atoms with E-state index in [-0.39, 0.29) is 5.92 Å². The lowest BCUT2D eigenvalue weighted by atomic mass is 9.78. The molecule has 1 aliphatic carbocycles. The van der Waals surface area contributed by atoms with Crippen molar-refractivity contribution >= 4 is 0 Å². The van der Waals surface area contributed by atoms with Crippen LogP contribution in [0.5, 0.6) is 0 Å². The topological polar surface area (TPSA) is 50.8 Å². The zero-order valence-corrected chi connectivity index (χ0v) is 11.2. The average molecular weight is 233 g/mol. The number of hydrogen-bond acceptors (Lipinski definition) is 3. The Morgan fingerprint density at radius 3 is 2.53 bits per heavy atom. The largest absolute Gasteiger partial charge is 0.296 e. The van der Waals surface area contributed by atoms with Crippen LogP contribution >= 0.6 is 0 Å². The van der Waals surface area contributed by atoms with Crippen LogP contribution in [0.15, 0.2) is 0 Å². The molecule has 3 nitrogen and oxygen atoms in total. The Morgan fingerprint density at radius 1 is 1.29 bits per heavy atom. The number of rotatable bonds is 4. The number of hydrogen-bond donors (Lipinski definition) is 0. The first-order valence-electron chi connectivity index (χ1n) is 6.62. The van der Waals surface area contributed by atoms with Gasteiger partial charge >= 0.3 is 0 Å². The highest BCUT2D eigenvalue weighted by Crippen LogP contribution is 2.32. The molecule has 0 saturated heterocycles. The van der Waals surface area contributed by atoms with Crippen LogP contribution in [0.2, 0.25) is 0 Å². The van der Waals surface area contributed by atoms with E-state index < -0.39 is 0 Å². The molecule has 0 aromatic heterocycles. The van der Waals surface area contributed by atoms with E-state index in [4.69, 9.17) is 5.26 Å². The molecule has 1 saturated carbocycles. The Labute approximate surface area is 105 Å².